The average molecular weight is 701 g/mol. The Labute approximate surface area is 288 Å². The summed E-state index contributed by atoms with van der Waals surface area (Å²) in [4.78, 5) is 62.7. The summed E-state index contributed by atoms with van der Waals surface area (Å²) in [6, 6.07) is 18.4. The number of thiophene rings is 2. The van der Waals surface area contributed by atoms with Crippen molar-refractivity contribution in [2.24, 2.45) is 0 Å². The number of para-hydroxylation sites is 2. The van der Waals surface area contributed by atoms with Gasteiger partial charge < -0.3 is 18.9 Å². The van der Waals surface area contributed by atoms with Crippen LogP contribution in [0.15, 0.2) is 82.9 Å². The second-order valence-corrected chi connectivity index (χ2v) is 12.9. The zero-order valence-corrected chi connectivity index (χ0v) is 28.4. The Kier molecular flexibility index (Phi) is 10.4. The first kappa shape index (κ1) is 33.6. The first-order chi connectivity index (χ1) is 23.8. The number of rotatable bonds is 14. The monoisotopic (exact) mass is 700 g/mol. The number of carbonyl (C=O) groups is 2. The molecule has 0 unspecified atom stereocenters. The lowest BCUT2D eigenvalue weighted by Crippen LogP contribution is -2.24. The zero-order chi connectivity index (χ0) is 34.3. The van der Waals surface area contributed by atoms with Crippen LogP contribution in [-0.4, -0.2) is 57.5 Å². The second kappa shape index (κ2) is 15.3. The first-order valence-electron chi connectivity index (χ1n) is 15.5. The van der Waals surface area contributed by atoms with E-state index in [9.17, 15) is 19.2 Å². The van der Waals surface area contributed by atoms with E-state index in [0.717, 1.165) is 22.7 Å². The molecule has 0 amide bonds. The standard InChI is InChI=1S/C35H32N4O8S2/c1-22-26-30(48-28(22)34(42)46-18-16-44-24-10-5-3-6-11-24)36-20-38(32(26)40)14-9-15-39-21-37-31-27(33(39)41)23(2)29(49-31)35(43)47-19-17-45-25-12-7-4-8-13-25/h3-8,10-13,20-21H,9,14-19H2,1-2H3. The van der Waals surface area contributed by atoms with Crippen LogP contribution in [0, 0.1) is 13.8 Å². The molecule has 2 aromatic carbocycles. The quantitative estimate of drug-likeness (QED) is 0.107. The van der Waals surface area contributed by atoms with Crippen molar-refractivity contribution in [1.29, 1.82) is 0 Å². The van der Waals surface area contributed by atoms with Crippen molar-refractivity contribution in [3.63, 3.8) is 0 Å². The van der Waals surface area contributed by atoms with Gasteiger partial charge in [-0.25, -0.2) is 19.6 Å². The predicted octanol–water partition coefficient (Wildman–Crippen LogP) is 5.41. The number of aryl methyl sites for hydroxylation is 4. The fraction of sp³-hybridized carbons (Fsp3) is 0.257. The maximum atomic E-state index is 13.4. The van der Waals surface area contributed by atoms with Gasteiger partial charge in [0.1, 0.15) is 57.3 Å². The number of hydrogen-bond donors (Lipinski definition) is 0. The van der Waals surface area contributed by atoms with Gasteiger partial charge in [-0.05, 0) is 55.7 Å². The average Bonchev–Trinajstić information content (AvgIpc) is 3.64. The third kappa shape index (κ3) is 7.55. The number of carbonyl (C=O) groups excluding carboxylic acids is 2. The highest BCUT2D eigenvalue weighted by Gasteiger charge is 2.22. The molecule has 0 aliphatic heterocycles. The molecular formula is C35H32N4O8S2. The molecule has 6 rings (SSSR count). The second-order valence-electron chi connectivity index (χ2n) is 10.9. The number of fused-ring (bicyclic) bond motifs is 2. The van der Waals surface area contributed by atoms with Crippen molar-refractivity contribution < 1.29 is 28.5 Å². The van der Waals surface area contributed by atoms with Crippen LogP contribution in [0.25, 0.3) is 20.4 Å². The lowest BCUT2D eigenvalue weighted by molar-refractivity contribution is 0.0447. The Bertz CT molecular complexity index is 2070. The minimum Gasteiger partial charge on any atom is -0.490 e. The van der Waals surface area contributed by atoms with Crippen LogP contribution in [0.1, 0.15) is 36.9 Å². The van der Waals surface area contributed by atoms with Crippen LogP contribution in [0.5, 0.6) is 11.5 Å². The van der Waals surface area contributed by atoms with Gasteiger partial charge in [-0.3, -0.25) is 18.7 Å². The van der Waals surface area contributed by atoms with Crippen LogP contribution in [0.3, 0.4) is 0 Å². The van der Waals surface area contributed by atoms with Crippen LogP contribution < -0.4 is 20.6 Å². The van der Waals surface area contributed by atoms with E-state index in [1.807, 2.05) is 60.7 Å². The highest BCUT2D eigenvalue weighted by molar-refractivity contribution is 7.21. The Morgan fingerprint density at radius 1 is 0.633 bits per heavy atom. The normalized spacial score (nSPS) is 11.1. The van der Waals surface area contributed by atoms with Gasteiger partial charge in [0.15, 0.2) is 0 Å². The lowest BCUT2D eigenvalue weighted by Gasteiger charge is -2.08. The summed E-state index contributed by atoms with van der Waals surface area (Å²) in [5, 5.41) is 0.723. The van der Waals surface area contributed by atoms with Gasteiger partial charge in [0.05, 0.1) is 23.4 Å². The number of esters is 2. The van der Waals surface area contributed by atoms with E-state index in [1.54, 1.807) is 13.8 Å². The third-order valence-electron chi connectivity index (χ3n) is 7.66. The van der Waals surface area contributed by atoms with Gasteiger partial charge in [0.25, 0.3) is 11.1 Å². The molecule has 0 radical (unpaired) electrons. The Balaban J connectivity index is 1.06. The topological polar surface area (TPSA) is 141 Å². The molecule has 12 nitrogen and oxygen atoms in total. The van der Waals surface area contributed by atoms with Crippen molar-refractivity contribution in [2.75, 3.05) is 26.4 Å². The van der Waals surface area contributed by atoms with E-state index in [1.165, 1.54) is 21.8 Å². The smallest absolute Gasteiger partial charge is 0.348 e. The molecule has 6 aromatic rings. The molecule has 0 saturated heterocycles. The molecular weight excluding hydrogens is 669 g/mol. The van der Waals surface area contributed by atoms with E-state index in [-0.39, 0.29) is 50.6 Å². The molecule has 252 valence electrons. The van der Waals surface area contributed by atoms with Crippen molar-refractivity contribution >= 4 is 55.0 Å². The molecule has 49 heavy (non-hydrogen) atoms. The van der Waals surface area contributed by atoms with Gasteiger partial charge in [-0.15, -0.1) is 22.7 Å². The maximum absolute atomic E-state index is 13.4. The Hall–Kier alpha value is -5.34. The van der Waals surface area contributed by atoms with Crippen molar-refractivity contribution in [2.45, 2.75) is 33.4 Å². The minimum atomic E-state index is -0.539. The van der Waals surface area contributed by atoms with Crippen LogP contribution in [0.2, 0.25) is 0 Å². The fourth-order valence-electron chi connectivity index (χ4n) is 5.19. The van der Waals surface area contributed by atoms with E-state index in [4.69, 9.17) is 18.9 Å². The molecule has 0 aliphatic rings. The molecule has 0 aliphatic carbocycles. The summed E-state index contributed by atoms with van der Waals surface area (Å²) in [6.07, 6.45) is 3.32. The highest BCUT2D eigenvalue weighted by atomic mass is 32.1. The molecule has 4 heterocycles. The zero-order valence-electron chi connectivity index (χ0n) is 26.7. The van der Waals surface area contributed by atoms with Crippen LogP contribution in [-0.2, 0) is 22.6 Å². The number of benzene rings is 2. The summed E-state index contributed by atoms with van der Waals surface area (Å²) in [5.74, 6) is 0.279. The molecule has 0 fully saturated rings. The van der Waals surface area contributed by atoms with Gasteiger partial charge >= 0.3 is 11.9 Å². The number of aromatic nitrogens is 4. The molecule has 0 atom stereocenters. The SMILES string of the molecule is Cc1c(C(=O)OCCOc2ccccc2)sc2ncn(CCCn3cnc4sc(C(=O)OCCOc5ccccc5)c(C)c4c3=O)c(=O)c12. The minimum absolute atomic E-state index is 0.0556. The van der Waals surface area contributed by atoms with Gasteiger partial charge in [-0.1, -0.05) is 36.4 Å². The first-order valence-corrected chi connectivity index (χ1v) is 17.1. The largest absolute Gasteiger partial charge is 0.490 e. The predicted molar refractivity (Wildman–Crippen MR) is 186 cm³/mol. The molecule has 0 N–H and O–H groups in total. The Morgan fingerprint density at radius 2 is 1.04 bits per heavy atom. The lowest BCUT2D eigenvalue weighted by atomic mass is 10.2. The van der Waals surface area contributed by atoms with Crippen LogP contribution in [0.4, 0.5) is 0 Å². The van der Waals surface area contributed by atoms with Crippen LogP contribution >= 0.6 is 22.7 Å². The molecule has 0 spiro atoms. The van der Waals surface area contributed by atoms with Crippen molar-refractivity contribution in [3.8, 4) is 11.5 Å². The van der Waals surface area contributed by atoms with E-state index in [2.05, 4.69) is 9.97 Å². The van der Waals surface area contributed by atoms with E-state index >= 15 is 0 Å². The molecule has 0 saturated carbocycles. The number of nitrogens with zero attached hydrogens (tertiary/aromatic N) is 4. The summed E-state index contributed by atoms with van der Waals surface area (Å²) >= 11 is 2.22. The summed E-state index contributed by atoms with van der Waals surface area (Å²) in [6.45, 7) is 4.47. The summed E-state index contributed by atoms with van der Waals surface area (Å²) < 4.78 is 24.9. The Morgan fingerprint density at radius 3 is 1.45 bits per heavy atom. The molecule has 4 aromatic heterocycles. The van der Waals surface area contributed by atoms with E-state index in [0.29, 0.717) is 59.2 Å². The van der Waals surface area contributed by atoms with Crippen molar-refractivity contribution in [3.05, 3.63) is 115 Å². The molecule has 0 bridgehead atoms. The number of ether oxygens (including phenoxy) is 4. The van der Waals surface area contributed by atoms with E-state index < -0.39 is 11.9 Å². The third-order valence-corrected chi connectivity index (χ3v) is 10.0. The highest BCUT2D eigenvalue weighted by Crippen LogP contribution is 2.29. The summed E-state index contributed by atoms with van der Waals surface area (Å²) in [7, 11) is 0. The molecule has 14 heteroatoms. The number of hydrogen-bond acceptors (Lipinski definition) is 12. The van der Waals surface area contributed by atoms with Gasteiger partial charge in [0, 0.05) is 13.1 Å². The maximum Gasteiger partial charge on any atom is 0.348 e. The van der Waals surface area contributed by atoms with Crippen molar-refractivity contribution in [1.82, 2.24) is 19.1 Å². The van der Waals surface area contributed by atoms with Gasteiger partial charge in [-0.2, -0.15) is 0 Å². The van der Waals surface area contributed by atoms with Gasteiger partial charge in [0.2, 0.25) is 0 Å². The summed E-state index contributed by atoms with van der Waals surface area (Å²) in [5.41, 5.74) is 0.463. The fourth-order valence-corrected chi connectivity index (χ4v) is 7.26.